The van der Waals surface area contributed by atoms with Crippen LogP contribution in [0.4, 0.5) is 11.6 Å². The number of nitrogens with zero attached hydrogens (tertiary/aromatic N) is 2. The van der Waals surface area contributed by atoms with Crippen molar-refractivity contribution in [1.82, 2.24) is 15.0 Å². The molecule has 2 heterocycles. The molecule has 2 aromatic heterocycles. The molecule has 0 aliphatic rings. The zero-order chi connectivity index (χ0) is 21.1. The van der Waals surface area contributed by atoms with E-state index in [0.29, 0.717) is 34.0 Å². The summed E-state index contributed by atoms with van der Waals surface area (Å²) >= 11 is 0. The fourth-order valence-corrected chi connectivity index (χ4v) is 3.18. The van der Waals surface area contributed by atoms with Gasteiger partial charge < -0.3 is 19.5 Å². The number of ether oxygens (including phenoxy) is 3. The summed E-state index contributed by atoms with van der Waals surface area (Å²) in [5.74, 6) is 2.22. The molecule has 0 radical (unpaired) electrons. The van der Waals surface area contributed by atoms with Crippen LogP contribution in [0.5, 0.6) is 17.2 Å². The Kier molecular flexibility index (Phi) is 5.21. The molecule has 4 aromatic rings. The van der Waals surface area contributed by atoms with Crippen LogP contribution in [0.3, 0.4) is 0 Å². The van der Waals surface area contributed by atoms with Gasteiger partial charge >= 0.3 is 0 Å². The highest BCUT2D eigenvalue weighted by Crippen LogP contribution is 2.34. The molecule has 8 nitrogen and oxygen atoms in total. The van der Waals surface area contributed by atoms with Crippen LogP contribution in [0.15, 0.2) is 59.5 Å². The van der Waals surface area contributed by atoms with Gasteiger partial charge in [0.1, 0.15) is 5.75 Å². The molecule has 0 unspecified atom stereocenters. The Hall–Kier alpha value is -4.07. The highest BCUT2D eigenvalue weighted by molar-refractivity contribution is 5.92. The van der Waals surface area contributed by atoms with Gasteiger partial charge in [0, 0.05) is 11.9 Å². The standard InChI is InChI=1S/C22H20N4O4/c1-28-15-7-5-14(6-8-15)24-22-25-20-19(21(27)26-22)16(10-11-23-20)13-4-9-17(29-2)18(12-13)30-3/h4-12H,1-3H3,(H2,23,24,25,26,27). The van der Waals surface area contributed by atoms with Gasteiger partial charge in [-0.2, -0.15) is 4.98 Å². The molecule has 0 atom stereocenters. The number of aromatic amines is 1. The number of rotatable bonds is 6. The van der Waals surface area contributed by atoms with E-state index in [2.05, 4.69) is 20.3 Å². The van der Waals surface area contributed by atoms with Gasteiger partial charge in [-0.05, 0) is 53.6 Å². The predicted octanol–water partition coefficient (Wildman–Crippen LogP) is 3.75. The van der Waals surface area contributed by atoms with Crippen molar-refractivity contribution < 1.29 is 14.2 Å². The Balaban J connectivity index is 1.76. The second kappa shape index (κ2) is 8.12. The quantitative estimate of drug-likeness (QED) is 0.505. The van der Waals surface area contributed by atoms with E-state index in [9.17, 15) is 4.79 Å². The molecule has 0 saturated carbocycles. The maximum absolute atomic E-state index is 12.9. The van der Waals surface area contributed by atoms with Crippen LogP contribution in [0.2, 0.25) is 0 Å². The van der Waals surface area contributed by atoms with Crippen LogP contribution in [0, 0.1) is 0 Å². The molecule has 0 aliphatic carbocycles. The van der Waals surface area contributed by atoms with E-state index in [4.69, 9.17) is 14.2 Å². The topological polar surface area (TPSA) is 98.4 Å². The minimum Gasteiger partial charge on any atom is -0.497 e. The van der Waals surface area contributed by atoms with E-state index in [1.54, 1.807) is 39.7 Å². The van der Waals surface area contributed by atoms with Crippen LogP contribution in [0.25, 0.3) is 22.2 Å². The van der Waals surface area contributed by atoms with Crippen molar-refractivity contribution in [3.63, 3.8) is 0 Å². The van der Waals surface area contributed by atoms with Crippen molar-refractivity contribution in [2.24, 2.45) is 0 Å². The number of pyridine rings is 1. The van der Waals surface area contributed by atoms with Crippen LogP contribution >= 0.6 is 0 Å². The molecule has 30 heavy (non-hydrogen) atoms. The highest BCUT2D eigenvalue weighted by atomic mass is 16.5. The van der Waals surface area contributed by atoms with E-state index in [-0.39, 0.29) is 5.56 Å². The number of aromatic nitrogens is 3. The fourth-order valence-electron chi connectivity index (χ4n) is 3.18. The Bertz CT molecular complexity index is 1250. The zero-order valence-corrected chi connectivity index (χ0v) is 16.7. The number of methoxy groups -OCH3 is 3. The summed E-state index contributed by atoms with van der Waals surface area (Å²) in [6, 6.07) is 14.5. The lowest BCUT2D eigenvalue weighted by molar-refractivity contribution is 0.355. The first kappa shape index (κ1) is 19.3. The van der Waals surface area contributed by atoms with Crippen LogP contribution < -0.4 is 25.1 Å². The van der Waals surface area contributed by atoms with Gasteiger partial charge in [0.15, 0.2) is 17.1 Å². The highest BCUT2D eigenvalue weighted by Gasteiger charge is 2.14. The predicted molar refractivity (Wildman–Crippen MR) is 115 cm³/mol. The monoisotopic (exact) mass is 404 g/mol. The smallest absolute Gasteiger partial charge is 0.262 e. The zero-order valence-electron chi connectivity index (χ0n) is 16.7. The van der Waals surface area contributed by atoms with Crippen molar-refractivity contribution in [2.45, 2.75) is 0 Å². The third-order valence-corrected chi connectivity index (χ3v) is 4.65. The Morgan fingerprint density at radius 1 is 0.900 bits per heavy atom. The summed E-state index contributed by atoms with van der Waals surface area (Å²) in [5.41, 5.74) is 2.29. The largest absolute Gasteiger partial charge is 0.497 e. The molecule has 2 aromatic carbocycles. The van der Waals surface area contributed by atoms with E-state index in [1.807, 2.05) is 36.4 Å². The van der Waals surface area contributed by atoms with Crippen LogP contribution in [0.1, 0.15) is 0 Å². The molecule has 152 valence electrons. The minimum absolute atomic E-state index is 0.297. The summed E-state index contributed by atoms with van der Waals surface area (Å²) in [6.07, 6.45) is 1.62. The lowest BCUT2D eigenvalue weighted by Gasteiger charge is -2.11. The fraction of sp³-hybridized carbons (Fsp3) is 0.136. The number of anilines is 2. The first-order valence-corrected chi connectivity index (χ1v) is 9.15. The molecule has 0 bridgehead atoms. The molecule has 0 saturated heterocycles. The number of H-pyrrole nitrogens is 1. The molecule has 4 rings (SSSR count). The normalized spacial score (nSPS) is 10.6. The van der Waals surface area contributed by atoms with Gasteiger partial charge in [0.05, 0.1) is 26.7 Å². The van der Waals surface area contributed by atoms with E-state index < -0.39 is 0 Å². The first-order valence-electron chi connectivity index (χ1n) is 9.15. The maximum Gasteiger partial charge on any atom is 0.262 e. The molecule has 0 aliphatic heterocycles. The summed E-state index contributed by atoms with van der Waals surface area (Å²) in [7, 11) is 4.75. The van der Waals surface area contributed by atoms with E-state index in [0.717, 1.165) is 17.0 Å². The van der Waals surface area contributed by atoms with Gasteiger partial charge in [-0.25, -0.2) is 4.98 Å². The number of nitrogens with one attached hydrogen (secondary N) is 2. The van der Waals surface area contributed by atoms with Gasteiger partial charge in [-0.15, -0.1) is 0 Å². The average molecular weight is 404 g/mol. The van der Waals surface area contributed by atoms with Crippen LogP contribution in [-0.4, -0.2) is 36.3 Å². The molecular formula is C22H20N4O4. The second-order valence-corrected chi connectivity index (χ2v) is 6.39. The Morgan fingerprint density at radius 2 is 1.67 bits per heavy atom. The first-order chi connectivity index (χ1) is 14.6. The number of hydrogen-bond donors (Lipinski definition) is 2. The van der Waals surface area contributed by atoms with Crippen LogP contribution in [-0.2, 0) is 0 Å². The minimum atomic E-state index is -0.297. The molecule has 8 heteroatoms. The van der Waals surface area contributed by atoms with Crippen molar-refractivity contribution in [3.05, 3.63) is 65.1 Å². The van der Waals surface area contributed by atoms with Crippen molar-refractivity contribution in [2.75, 3.05) is 26.6 Å². The number of fused-ring (bicyclic) bond motifs is 1. The molecular weight excluding hydrogens is 384 g/mol. The summed E-state index contributed by atoms with van der Waals surface area (Å²) < 4.78 is 15.8. The van der Waals surface area contributed by atoms with E-state index >= 15 is 0 Å². The van der Waals surface area contributed by atoms with Gasteiger partial charge in [-0.3, -0.25) is 9.78 Å². The Labute approximate surface area is 172 Å². The molecule has 0 fully saturated rings. The lowest BCUT2D eigenvalue weighted by Crippen LogP contribution is -2.13. The van der Waals surface area contributed by atoms with Gasteiger partial charge in [0.25, 0.3) is 5.56 Å². The third-order valence-electron chi connectivity index (χ3n) is 4.65. The Morgan fingerprint density at radius 3 is 2.37 bits per heavy atom. The third kappa shape index (κ3) is 3.62. The SMILES string of the molecule is COc1ccc(Nc2nc3nccc(-c4ccc(OC)c(OC)c4)c3c(=O)[nH]2)cc1. The van der Waals surface area contributed by atoms with Crippen molar-refractivity contribution >= 4 is 22.7 Å². The van der Waals surface area contributed by atoms with Crippen molar-refractivity contribution in [1.29, 1.82) is 0 Å². The number of benzene rings is 2. The lowest BCUT2D eigenvalue weighted by atomic mass is 10.0. The van der Waals surface area contributed by atoms with Gasteiger partial charge in [0.2, 0.25) is 5.95 Å². The van der Waals surface area contributed by atoms with Gasteiger partial charge in [-0.1, -0.05) is 6.07 Å². The molecule has 2 N–H and O–H groups in total. The summed E-state index contributed by atoms with van der Waals surface area (Å²) in [5, 5.41) is 3.48. The molecule has 0 spiro atoms. The second-order valence-electron chi connectivity index (χ2n) is 6.39. The summed E-state index contributed by atoms with van der Waals surface area (Å²) in [4.78, 5) is 24.5. The molecule has 0 amide bonds. The maximum atomic E-state index is 12.9. The number of hydrogen-bond acceptors (Lipinski definition) is 7. The summed E-state index contributed by atoms with van der Waals surface area (Å²) in [6.45, 7) is 0. The van der Waals surface area contributed by atoms with E-state index in [1.165, 1.54) is 0 Å². The average Bonchev–Trinajstić information content (AvgIpc) is 2.78. The van der Waals surface area contributed by atoms with Crippen molar-refractivity contribution in [3.8, 4) is 28.4 Å².